The predicted molar refractivity (Wildman–Crippen MR) is 169 cm³/mol. The molecule has 0 bridgehead atoms. The van der Waals surface area contributed by atoms with E-state index >= 15 is 0 Å². The van der Waals surface area contributed by atoms with Crippen molar-refractivity contribution in [2.75, 3.05) is 34.3 Å². The number of methoxy groups -OCH3 is 1. The van der Waals surface area contributed by atoms with Crippen molar-refractivity contribution in [3.63, 3.8) is 0 Å². The Balaban J connectivity index is 1.94. The molecule has 1 aliphatic heterocycles. The normalized spacial score (nSPS) is 30.9. The Hall–Kier alpha value is -1.92. The Bertz CT molecular complexity index is 948. The third-order valence-corrected chi connectivity index (χ3v) is 8.17. The third-order valence-electron chi connectivity index (χ3n) is 8.17. The summed E-state index contributed by atoms with van der Waals surface area (Å²) in [6.45, 7) is 9.15. The lowest BCUT2D eigenvalue weighted by molar-refractivity contribution is -0.254. The van der Waals surface area contributed by atoms with Crippen LogP contribution in [0.1, 0.15) is 72.6 Å². The van der Waals surface area contributed by atoms with Crippen LogP contribution in [0.3, 0.4) is 0 Å². The zero-order valence-corrected chi connectivity index (χ0v) is 26.9. The second-order valence-electron chi connectivity index (χ2n) is 12.1. The topological polar surface area (TPSA) is 145 Å². The fraction of sp³-hybridized carbons (Fsp3) is 0.750. The van der Waals surface area contributed by atoms with Gasteiger partial charge in [0.05, 0.1) is 24.3 Å². The average Bonchev–Trinajstić information content (AvgIpc) is 2.94. The molecule has 1 saturated carbocycles. The van der Waals surface area contributed by atoms with Crippen molar-refractivity contribution in [2.45, 2.75) is 121 Å². The summed E-state index contributed by atoms with van der Waals surface area (Å²) in [5.74, 6) is -0.229. The van der Waals surface area contributed by atoms with Gasteiger partial charge in [-0.25, -0.2) is 0 Å². The van der Waals surface area contributed by atoms with E-state index in [-0.39, 0.29) is 24.6 Å². The number of carbonyl (C=O) groups excluding carboxylic acids is 1. The standard InChI is InChI=1S/C32H57N5O5/c1-21(2)10-8-11-22(3)12-9-13-23(4)16-17-36-20-28(38)37(6)29-27(40-7)18-26(34)31(30(29)39)42-32-25(33)15-14-24(41-32)19-35-5/h10,12,16-17,24-27,29-32,35,39H,8-9,11,13-15,18-20,33-34H2,1-7H3/b22-12+,23-16+,36-17+/t24?,25?,26?,27-,29?,30-,31?,32+/m0/s1. The number of rotatable bonds is 15. The zero-order valence-electron chi connectivity index (χ0n) is 26.9. The van der Waals surface area contributed by atoms with Crippen LogP contribution in [-0.4, -0.2) is 105 Å². The molecule has 1 aliphatic carbocycles. The van der Waals surface area contributed by atoms with Crippen LogP contribution in [0.5, 0.6) is 0 Å². The van der Waals surface area contributed by atoms with Crippen molar-refractivity contribution in [3.8, 4) is 0 Å². The van der Waals surface area contributed by atoms with Crippen LogP contribution in [-0.2, 0) is 19.0 Å². The Labute approximate surface area is 253 Å². The molecule has 42 heavy (non-hydrogen) atoms. The van der Waals surface area contributed by atoms with Gasteiger partial charge in [-0.15, -0.1) is 0 Å². The van der Waals surface area contributed by atoms with E-state index in [4.69, 9.17) is 25.7 Å². The second-order valence-corrected chi connectivity index (χ2v) is 12.1. The summed E-state index contributed by atoms with van der Waals surface area (Å²) < 4.78 is 17.9. The summed E-state index contributed by atoms with van der Waals surface area (Å²) in [6, 6.07) is -1.49. The van der Waals surface area contributed by atoms with Gasteiger partial charge in [-0.2, -0.15) is 0 Å². The Morgan fingerprint density at radius 3 is 2.45 bits per heavy atom. The highest BCUT2D eigenvalue weighted by atomic mass is 16.7. The van der Waals surface area contributed by atoms with Crippen LogP contribution in [0.15, 0.2) is 39.9 Å². The van der Waals surface area contributed by atoms with Crippen molar-refractivity contribution < 1.29 is 24.1 Å². The van der Waals surface area contributed by atoms with Crippen molar-refractivity contribution in [3.05, 3.63) is 34.9 Å². The summed E-state index contributed by atoms with van der Waals surface area (Å²) in [5, 5.41) is 14.5. The Kier molecular flexibility index (Phi) is 16.1. The first-order valence-corrected chi connectivity index (χ1v) is 15.4. The number of nitrogens with one attached hydrogen (secondary N) is 1. The highest BCUT2D eigenvalue weighted by molar-refractivity contribution is 5.81. The largest absolute Gasteiger partial charge is 0.388 e. The molecule has 0 aromatic rings. The van der Waals surface area contributed by atoms with E-state index in [2.05, 4.69) is 50.2 Å². The van der Waals surface area contributed by atoms with Gasteiger partial charge >= 0.3 is 0 Å². The summed E-state index contributed by atoms with van der Waals surface area (Å²) in [4.78, 5) is 18.9. The van der Waals surface area contributed by atoms with E-state index in [1.54, 1.807) is 20.4 Å². The van der Waals surface area contributed by atoms with Crippen molar-refractivity contribution in [1.29, 1.82) is 0 Å². The quantitative estimate of drug-likeness (QED) is 0.168. The van der Waals surface area contributed by atoms with E-state index in [0.717, 1.165) is 38.5 Å². The maximum absolute atomic E-state index is 13.1. The lowest BCUT2D eigenvalue weighted by Crippen LogP contribution is -2.66. The smallest absolute Gasteiger partial charge is 0.244 e. The van der Waals surface area contributed by atoms with Gasteiger partial charge in [0, 0.05) is 33.0 Å². The molecule has 0 spiro atoms. The van der Waals surface area contributed by atoms with Gasteiger partial charge in [-0.3, -0.25) is 9.79 Å². The maximum Gasteiger partial charge on any atom is 0.244 e. The predicted octanol–water partition coefficient (Wildman–Crippen LogP) is 2.85. The number of aliphatic imine (C=N–C) groups is 1. The SMILES string of the molecule is CNCC1CCC(N)[C@@H](OC2C(N)C[C@H](OC)C(N(C)C(=O)C/N=C/C=C(\C)CC/C=C(\C)CCC=C(C)C)[C@@H]2O)O1. The number of aliphatic hydroxyl groups excluding tert-OH is 1. The number of amides is 1. The molecule has 2 aliphatic rings. The summed E-state index contributed by atoms with van der Waals surface area (Å²) in [5.41, 5.74) is 16.7. The van der Waals surface area contributed by atoms with Crippen LogP contribution in [0, 0.1) is 0 Å². The third kappa shape index (κ3) is 11.6. The first kappa shape index (κ1) is 36.3. The average molecular weight is 592 g/mol. The van der Waals surface area contributed by atoms with E-state index < -0.39 is 36.7 Å². The van der Waals surface area contributed by atoms with Crippen molar-refractivity contribution >= 4 is 12.1 Å². The van der Waals surface area contributed by atoms with E-state index in [0.29, 0.717) is 13.0 Å². The first-order chi connectivity index (χ1) is 20.0. The van der Waals surface area contributed by atoms with Gasteiger partial charge in [-0.1, -0.05) is 28.9 Å². The highest BCUT2D eigenvalue weighted by Crippen LogP contribution is 2.30. The second kappa shape index (κ2) is 18.7. The minimum absolute atomic E-state index is 0.0303. The molecule has 240 valence electrons. The van der Waals surface area contributed by atoms with E-state index in [9.17, 15) is 9.90 Å². The molecule has 2 rings (SSSR count). The molecule has 0 radical (unpaired) electrons. The number of ether oxygens (including phenoxy) is 3. The van der Waals surface area contributed by atoms with Crippen molar-refractivity contribution in [1.82, 2.24) is 10.2 Å². The lowest BCUT2D eigenvalue weighted by Gasteiger charge is -2.48. The van der Waals surface area contributed by atoms with Gasteiger partial charge in [-0.05, 0) is 85.8 Å². The monoisotopic (exact) mass is 591 g/mol. The first-order valence-electron chi connectivity index (χ1n) is 15.4. The fourth-order valence-electron chi connectivity index (χ4n) is 5.55. The fourth-order valence-corrected chi connectivity index (χ4v) is 5.55. The molecular weight excluding hydrogens is 534 g/mol. The molecule has 0 aromatic carbocycles. The zero-order chi connectivity index (χ0) is 31.2. The summed E-state index contributed by atoms with van der Waals surface area (Å²) in [7, 11) is 5.09. The molecular formula is C32H57N5O5. The highest BCUT2D eigenvalue weighted by Gasteiger charge is 2.48. The molecule has 5 unspecified atom stereocenters. The number of nitrogens with zero attached hydrogens (tertiary/aromatic N) is 2. The van der Waals surface area contributed by atoms with E-state index in [1.807, 2.05) is 13.1 Å². The molecule has 6 N–H and O–H groups in total. The Morgan fingerprint density at radius 2 is 1.79 bits per heavy atom. The molecule has 1 amide bonds. The molecule has 0 aromatic heterocycles. The molecule has 10 heteroatoms. The molecule has 1 heterocycles. The van der Waals surface area contributed by atoms with Crippen LogP contribution < -0.4 is 16.8 Å². The van der Waals surface area contributed by atoms with Gasteiger partial charge in [0.25, 0.3) is 0 Å². The maximum atomic E-state index is 13.1. The minimum atomic E-state index is -1.09. The molecule has 2 fully saturated rings. The van der Waals surface area contributed by atoms with Crippen LogP contribution in [0.25, 0.3) is 0 Å². The number of aliphatic hydroxyl groups is 1. The van der Waals surface area contributed by atoms with Gasteiger partial charge in [0.1, 0.15) is 18.8 Å². The number of hydrogen-bond acceptors (Lipinski definition) is 9. The molecule has 8 atom stereocenters. The molecule has 1 saturated heterocycles. The lowest BCUT2D eigenvalue weighted by atomic mass is 9.83. The summed E-state index contributed by atoms with van der Waals surface area (Å²) >= 11 is 0. The number of allylic oxidation sites excluding steroid dienone is 6. The Morgan fingerprint density at radius 1 is 1.10 bits per heavy atom. The number of carbonyl (C=O) groups is 1. The minimum Gasteiger partial charge on any atom is -0.388 e. The van der Waals surface area contributed by atoms with Gasteiger partial charge in [0.15, 0.2) is 6.29 Å². The summed E-state index contributed by atoms with van der Waals surface area (Å²) in [6.07, 6.45) is 11.3. The van der Waals surface area contributed by atoms with Gasteiger partial charge in [0.2, 0.25) is 5.91 Å². The van der Waals surface area contributed by atoms with Gasteiger partial charge < -0.3 is 41.0 Å². The van der Waals surface area contributed by atoms with Crippen LogP contribution in [0.2, 0.25) is 0 Å². The number of hydrogen-bond donors (Lipinski definition) is 4. The number of likely N-dealkylation sites (N-methyl/N-ethyl adjacent to an activating group) is 2. The van der Waals surface area contributed by atoms with Crippen molar-refractivity contribution in [2.24, 2.45) is 16.5 Å². The number of nitrogens with two attached hydrogens (primary N) is 2. The van der Waals surface area contributed by atoms with Crippen LogP contribution >= 0.6 is 0 Å². The van der Waals surface area contributed by atoms with Crippen LogP contribution in [0.4, 0.5) is 0 Å². The molecule has 10 nitrogen and oxygen atoms in total. The van der Waals surface area contributed by atoms with E-state index in [1.165, 1.54) is 21.6 Å².